The highest BCUT2D eigenvalue weighted by Crippen LogP contribution is 2.43. The van der Waals surface area contributed by atoms with E-state index in [0.717, 1.165) is 5.56 Å². The summed E-state index contributed by atoms with van der Waals surface area (Å²) in [6.07, 6.45) is -4.72. The first-order valence-corrected chi connectivity index (χ1v) is 10.6. The van der Waals surface area contributed by atoms with E-state index in [2.05, 4.69) is 11.6 Å². The second-order valence-electron chi connectivity index (χ2n) is 8.33. The fraction of sp³-hybridized carbons (Fsp3) is 0.231. The molecule has 1 aliphatic rings. The van der Waals surface area contributed by atoms with Crippen LogP contribution in [0.3, 0.4) is 0 Å². The number of hydrogen-bond donors (Lipinski definition) is 0. The Labute approximate surface area is 194 Å². The molecule has 3 aromatic rings. The van der Waals surface area contributed by atoms with Gasteiger partial charge in [0.25, 0.3) is 0 Å². The number of aromatic nitrogens is 1. The predicted octanol–water partition coefficient (Wildman–Crippen LogP) is 6.72. The van der Waals surface area contributed by atoms with Crippen molar-refractivity contribution in [2.45, 2.75) is 31.7 Å². The maximum Gasteiger partial charge on any atom is 0.417 e. The number of benzene rings is 2. The first-order chi connectivity index (χ1) is 16.1. The summed E-state index contributed by atoms with van der Waals surface area (Å²) in [7, 11) is 0. The molecule has 1 unspecified atom stereocenters. The normalized spacial score (nSPS) is 17.7. The summed E-state index contributed by atoms with van der Waals surface area (Å²) in [4.78, 5) is 18.4. The van der Waals surface area contributed by atoms with Crippen LogP contribution in [0.25, 0.3) is 16.8 Å². The number of carbonyl (C=O) groups is 1. The van der Waals surface area contributed by atoms with Crippen molar-refractivity contribution < 1.29 is 27.1 Å². The molecule has 2 heterocycles. The van der Waals surface area contributed by atoms with Crippen LogP contribution in [-0.4, -0.2) is 28.7 Å². The Morgan fingerprint density at radius 1 is 1.12 bits per heavy atom. The van der Waals surface area contributed by atoms with Crippen LogP contribution in [0, 0.1) is 5.82 Å². The van der Waals surface area contributed by atoms with Gasteiger partial charge in [0.15, 0.2) is 0 Å². The van der Waals surface area contributed by atoms with Gasteiger partial charge in [0, 0.05) is 12.1 Å². The molecule has 8 heteroatoms. The average molecular weight is 470 g/mol. The van der Waals surface area contributed by atoms with E-state index in [-0.39, 0.29) is 18.0 Å². The average Bonchev–Trinajstić information content (AvgIpc) is 2.81. The summed E-state index contributed by atoms with van der Waals surface area (Å²) < 4.78 is 59.2. The zero-order chi connectivity index (χ0) is 24.5. The second kappa shape index (κ2) is 8.93. The van der Waals surface area contributed by atoms with Crippen molar-refractivity contribution in [3.8, 4) is 11.3 Å². The number of hydrogen-bond acceptors (Lipinski definition) is 3. The molecule has 2 aromatic carbocycles. The van der Waals surface area contributed by atoms with E-state index in [1.165, 1.54) is 35.2 Å². The predicted molar refractivity (Wildman–Crippen MR) is 120 cm³/mol. The number of amides is 1. The molecule has 1 atom stereocenters. The molecule has 176 valence electrons. The lowest BCUT2D eigenvalue weighted by Crippen LogP contribution is -2.58. The zero-order valence-electron chi connectivity index (χ0n) is 18.4. The van der Waals surface area contributed by atoms with Crippen LogP contribution in [-0.2, 0) is 16.9 Å². The highest BCUT2D eigenvalue weighted by molar-refractivity contribution is 5.73. The first-order valence-electron chi connectivity index (χ1n) is 10.6. The molecule has 1 fully saturated rings. The van der Waals surface area contributed by atoms with E-state index in [0.29, 0.717) is 24.1 Å². The third-order valence-electron chi connectivity index (χ3n) is 6.08. The molecule has 0 spiro atoms. The maximum atomic E-state index is 13.4. The Hall–Kier alpha value is -3.68. The number of rotatable bonds is 5. The molecule has 1 aliphatic heterocycles. The summed E-state index contributed by atoms with van der Waals surface area (Å²) in [5, 5.41) is 0. The molecular weight excluding hydrogens is 448 g/mol. The molecule has 0 aliphatic carbocycles. The number of carbonyl (C=O) groups excluding carboxylic acids is 1. The molecule has 0 N–H and O–H groups in total. The van der Waals surface area contributed by atoms with Gasteiger partial charge in [-0.05, 0) is 60.9 Å². The van der Waals surface area contributed by atoms with Crippen LogP contribution in [0.5, 0.6) is 0 Å². The quantitative estimate of drug-likeness (QED) is 0.389. The molecule has 4 nitrogen and oxygen atoms in total. The van der Waals surface area contributed by atoms with Crippen LogP contribution in [0.4, 0.5) is 22.4 Å². The maximum absolute atomic E-state index is 13.4. The van der Waals surface area contributed by atoms with Gasteiger partial charge in [0.1, 0.15) is 12.4 Å². The van der Waals surface area contributed by atoms with Crippen LogP contribution in [0.1, 0.15) is 30.2 Å². The number of likely N-dealkylation sites (tertiary alicyclic amines) is 1. The standard InChI is InChI=1S/C26H22F4N2O2/c1-17(26(28,29)30)22-14-20(15-23(31-22)19-8-10-21(27)11-9-19)25(2)12-13-32(25)24(33)34-16-18-6-4-3-5-7-18/h3-11,14-15H,1,12-13,16H2,2H3. The van der Waals surface area contributed by atoms with E-state index in [1.54, 1.807) is 13.0 Å². The summed E-state index contributed by atoms with van der Waals surface area (Å²) in [5.41, 5.74) is -0.390. The fourth-order valence-electron chi connectivity index (χ4n) is 3.86. The van der Waals surface area contributed by atoms with Gasteiger partial charge >= 0.3 is 12.3 Å². The van der Waals surface area contributed by atoms with Gasteiger partial charge in [-0.25, -0.2) is 14.2 Å². The fourth-order valence-corrected chi connectivity index (χ4v) is 3.86. The van der Waals surface area contributed by atoms with Gasteiger partial charge in [-0.2, -0.15) is 13.2 Å². The summed E-state index contributed by atoms with van der Waals surface area (Å²) in [6.45, 7) is 5.42. The minimum Gasteiger partial charge on any atom is -0.445 e. The Bertz CT molecular complexity index is 1210. The summed E-state index contributed by atoms with van der Waals surface area (Å²) >= 11 is 0. The molecule has 4 rings (SSSR count). The van der Waals surface area contributed by atoms with Gasteiger partial charge in [-0.3, -0.25) is 4.90 Å². The Morgan fingerprint density at radius 2 is 1.79 bits per heavy atom. The topological polar surface area (TPSA) is 42.4 Å². The van der Waals surface area contributed by atoms with E-state index in [4.69, 9.17) is 4.74 Å². The molecule has 34 heavy (non-hydrogen) atoms. The third-order valence-corrected chi connectivity index (χ3v) is 6.08. The van der Waals surface area contributed by atoms with Gasteiger partial charge < -0.3 is 4.74 Å². The molecule has 1 saturated heterocycles. The molecule has 0 bridgehead atoms. The van der Waals surface area contributed by atoms with Crippen LogP contribution < -0.4 is 0 Å². The minimum atomic E-state index is -4.68. The van der Waals surface area contributed by atoms with Crippen molar-refractivity contribution >= 4 is 11.7 Å². The van der Waals surface area contributed by atoms with Crippen LogP contribution >= 0.6 is 0 Å². The molecule has 0 radical (unpaired) electrons. The smallest absolute Gasteiger partial charge is 0.417 e. The summed E-state index contributed by atoms with van der Waals surface area (Å²) in [6, 6.07) is 17.4. The van der Waals surface area contributed by atoms with Crippen molar-refractivity contribution in [3.05, 3.63) is 95.9 Å². The molecule has 1 aromatic heterocycles. The van der Waals surface area contributed by atoms with Crippen molar-refractivity contribution in [1.82, 2.24) is 9.88 Å². The van der Waals surface area contributed by atoms with E-state index >= 15 is 0 Å². The van der Waals surface area contributed by atoms with Crippen molar-refractivity contribution in [3.63, 3.8) is 0 Å². The largest absolute Gasteiger partial charge is 0.445 e. The van der Waals surface area contributed by atoms with Crippen LogP contribution in [0.15, 0.2) is 73.3 Å². The lowest BCUT2D eigenvalue weighted by Gasteiger charge is -2.50. The van der Waals surface area contributed by atoms with Gasteiger partial charge in [-0.15, -0.1) is 0 Å². The highest BCUT2D eigenvalue weighted by atomic mass is 19.4. The van der Waals surface area contributed by atoms with Gasteiger partial charge in [0.2, 0.25) is 0 Å². The number of alkyl halides is 3. The SMILES string of the molecule is C=C(c1cc(C2(C)CCN2C(=O)OCc2ccccc2)cc(-c2ccc(F)cc2)n1)C(F)(F)F. The monoisotopic (exact) mass is 470 g/mol. The number of allylic oxidation sites excluding steroid dienone is 1. The van der Waals surface area contributed by atoms with Gasteiger partial charge in [0.05, 0.1) is 22.5 Å². The van der Waals surface area contributed by atoms with E-state index < -0.39 is 29.2 Å². The lowest BCUT2D eigenvalue weighted by molar-refractivity contribution is -0.0689. The van der Waals surface area contributed by atoms with Crippen molar-refractivity contribution in [2.24, 2.45) is 0 Å². The van der Waals surface area contributed by atoms with Crippen LogP contribution in [0.2, 0.25) is 0 Å². The minimum absolute atomic E-state index is 0.0829. The zero-order valence-corrected chi connectivity index (χ0v) is 18.4. The number of pyridine rings is 1. The summed E-state index contributed by atoms with van der Waals surface area (Å²) in [5.74, 6) is -0.474. The van der Waals surface area contributed by atoms with E-state index in [1.807, 2.05) is 30.3 Å². The number of ether oxygens (including phenoxy) is 1. The third kappa shape index (κ3) is 4.66. The van der Waals surface area contributed by atoms with Crippen molar-refractivity contribution in [1.29, 1.82) is 0 Å². The Morgan fingerprint density at radius 3 is 2.38 bits per heavy atom. The number of nitrogens with zero attached hydrogens (tertiary/aromatic N) is 2. The van der Waals surface area contributed by atoms with Gasteiger partial charge in [-0.1, -0.05) is 36.9 Å². The number of halogens is 4. The van der Waals surface area contributed by atoms with E-state index in [9.17, 15) is 22.4 Å². The van der Waals surface area contributed by atoms with Crippen molar-refractivity contribution in [2.75, 3.05) is 6.54 Å². The second-order valence-corrected chi connectivity index (χ2v) is 8.33. The molecule has 0 saturated carbocycles. The lowest BCUT2D eigenvalue weighted by atomic mass is 9.79. The Balaban J connectivity index is 1.67. The first kappa shape index (κ1) is 23.5. The molecular formula is C26H22F4N2O2. The molecule has 1 amide bonds. The highest BCUT2D eigenvalue weighted by Gasteiger charge is 2.46. The Kier molecular flexibility index (Phi) is 6.17.